The van der Waals surface area contributed by atoms with Crippen LogP contribution >= 0.6 is 0 Å². The van der Waals surface area contributed by atoms with Crippen molar-refractivity contribution in [2.75, 3.05) is 30.1 Å². The Kier molecular flexibility index (Phi) is 3.46. The van der Waals surface area contributed by atoms with Gasteiger partial charge in [-0.05, 0) is 0 Å². The summed E-state index contributed by atoms with van der Waals surface area (Å²) in [4.78, 5) is 29.3. The SMILES string of the molecule is CN1CN(CC=NN=C(N)N)c2c1c(=O)[nH]c(=O)n2C. The van der Waals surface area contributed by atoms with E-state index in [1.165, 1.54) is 10.8 Å². The van der Waals surface area contributed by atoms with Gasteiger partial charge in [-0.15, -0.1) is 5.10 Å². The van der Waals surface area contributed by atoms with E-state index in [1.807, 2.05) is 4.90 Å². The molecule has 0 spiro atoms. The van der Waals surface area contributed by atoms with Crippen LogP contribution in [0, 0.1) is 0 Å². The highest BCUT2D eigenvalue weighted by molar-refractivity contribution is 5.78. The number of aromatic amines is 1. The number of H-pyrrole nitrogens is 1. The summed E-state index contributed by atoms with van der Waals surface area (Å²) in [6, 6.07) is 0. The summed E-state index contributed by atoms with van der Waals surface area (Å²) >= 11 is 0. The van der Waals surface area contributed by atoms with Crippen molar-refractivity contribution in [2.45, 2.75) is 0 Å². The highest BCUT2D eigenvalue weighted by Gasteiger charge is 2.28. The Labute approximate surface area is 114 Å². The van der Waals surface area contributed by atoms with Gasteiger partial charge in [0.05, 0.1) is 13.2 Å². The second-order valence-corrected chi connectivity index (χ2v) is 4.38. The van der Waals surface area contributed by atoms with Gasteiger partial charge in [0.15, 0.2) is 0 Å². The van der Waals surface area contributed by atoms with Gasteiger partial charge in [-0.1, -0.05) is 0 Å². The number of hydrogen-bond donors (Lipinski definition) is 3. The molecular weight excluding hydrogens is 264 g/mol. The summed E-state index contributed by atoms with van der Waals surface area (Å²) in [5, 5.41) is 7.17. The van der Waals surface area contributed by atoms with Gasteiger partial charge in [0.25, 0.3) is 5.56 Å². The average molecular weight is 280 g/mol. The zero-order valence-electron chi connectivity index (χ0n) is 11.2. The molecule has 1 aromatic heterocycles. The van der Waals surface area contributed by atoms with Crippen molar-refractivity contribution < 1.29 is 0 Å². The van der Waals surface area contributed by atoms with Gasteiger partial charge in [-0.25, -0.2) is 4.79 Å². The normalized spacial score (nSPS) is 13.9. The minimum Gasteiger partial charge on any atom is -0.369 e. The van der Waals surface area contributed by atoms with Gasteiger partial charge in [0, 0.05) is 20.3 Å². The van der Waals surface area contributed by atoms with Crippen LogP contribution in [0.15, 0.2) is 19.8 Å². The quantitative estimate of drug-likeness (QED) is 0.319. The molecule has 0 saturated heterocycles. The monoisotopic (exact) mass is 280 g/mol. The molecule has 0 aromatic carbocycles. The van der Waals surface area contributed by atoms with E-state index in [-0.39, 0.29) is 5.96 Å². The Balaban J connectivity index is 2.35. The first-order chi connectivity index (χ1) is 9.41. The lowest BCUT2D eigenvalue weighted by Gasteiger charge is -2.17. The largest absolute Gasteiger partial charge is 0.369 e. The van der Waals surface area contributed by atoms with E-state index in [4.69, 9.17) is 11.5 Å². The number of guanidine groups is 1. The topological polar surface area (TPSA) is 138 Å². The van der Waals surface area contributed by atoms with E-state index in [0.717, 1.165) is 0 Å². The van der Waals surface area contributed by atoms with Crippen LogP contribution in [-0.4, -0.2) is 42.0 Å². The molecule has 1 aliphatic rings. The Morgan fingerprint density at radius 2 is 2.10 bits per heavy atom. The predicted molar refractivity (Wildman–Crippen MR) is 77.2 cm³/mol. The van der Waals surface area contributed by atoms with E-state index in [9.17, 15) is 9.59 Å². The molecule has 2 rings (SSSR count). The fourth-order valence-electron chi connectivity index (χ4n) is 2.08. The first kappa shape index (κ1) is 13.6. The number of rotatable bonds is 3. The minimum absolute atomic E-state index is 0.135. The van der Waals surface area contributed by atoms with Crippen LogP contribution < -0.4 is 32.5 Å². The molecule has 10 heteroatoms. The smallest absolute Gasteiger partial charge is 0.329 e. The minimum atomic E-state index is -0.463. The molecule has 5 N–H and O–H groups in total. The number of nitrogens with one attached hydrogen (secondary N) is 1. The molecule has 10 nitrogen and oxygen atoms in total. The van der Waals surface area contributed by atoms with E-state index < -0.39 is 11.2 Å². The van der Waals surface area contributed by atoms with E-state index in [2.05, 4.69) is 15.2 Å². The molecular formula is C10H16N8O2. The van der Waals surface area contributed by atoms with Crippen LogP contribution in [0.2, 0.25) is 0 Å². The average Bonchev–Trinajstić information content (AvgIpc) is 2.69. The van der Waals surface area contributed by atoms with Crippen LogP contribution in [0.3, 0.4) is 0 Å². The summed E-state index contributed by atoms with van der Waals surface area (Å²) in [6.07, 6.45) is 1.49. The van der Waals surface area contributed by atoms with Gasteiger partial charge < -0.3 is 21.3 Å². The summed E-state index contributed by atoms with van der Waals surface area (Å²) < 4.78 is 1.38. The van der Waals surface area contributed by atoms with Gasteiger partial charge in [0.2, 0.25) is 5.96 Å². The molecule has 108 valence electrons. The molecule has 0 unspecified atom stereocenters. The maximum absolute atomic E-state index is 11.8. The zero-order valence-corrected chi connectivity index (χ0v) is 11.2. The van der Waals surface area contributed by atoms with Crippen molar-refractivity contribution in [3.63, 3.8) is 0 Å². The molecule has 0 amide bonds. The lowest BCUT2D eigenvalue weighted by Crippen LogP contribution is -2.33. The van der Waals surface area contributed by atoms with Crippen molar-refractivity contribution in [1.82, 2.24) is 9.55 Å². The standard InChI is InChI=1S/C10H16N8O2/c1-16-5-18(4-3-13-15-9(11)12)8-6(16)7(19)14-10(20)17(8)2/h3H,4-5H2,1-2H3,(H4,11,12,15)(H,14,19,20). The lowest BCUT2D eigenvalue weighted by molar-refractivity contribution is 0.780. The zero-order chi connectivity index (χ0) is 14.9. The van der Waals surface area contributed by atoms with E-state index >= 15 is 0 Å². The molecule has 0 fully saturated rings. The highest BCUT2D eigenvalue weighted by atomic mass is 16.2. The summed E-state index contributed by atoms with van der Waals surface area (Å²) in [6.45, 7) is 0.828. The van der Waals surface area contributed by atoms with E-state index in [0.29, 0.717) is 24.7 Å². The van der Waals surface area contributed by atoms with Crippen molar-refractivity contribution in [3.8, 4) is 0 Å². The molecule has 0 aliphatic carbocycles. The first-order valence-corrected chi connectivity index (χ1v) is 5.81. The number of aromatic nitrogens is 2. The summed E-state index contributed by atoms with van der Waals surface area (Å²) in [5.74, 6) is 0.404. The maximum Gasteiger partial charge on any atom is 0.329 e. The number of fused-ring (bicyclic) bond motifs is 1. The molecule has 0 bridgehead atoms. The van der Waals surface area contributed by atoms with Crippen molar-refractivity contribution >= 4 is 23.7 Å². The van der Waals surface area contributed by atoms with Gasteiger partial charge in [-0.2, -0.15) is 5.10 Å². The fraction of sp³-hybridized carbons (Fsp3) is 0.400. The molecule has 1 aromatic rings. The molecule has 2 heterocycles. The molecule has 0 radical (unpaired) electrons. The molecule has 20 heavy (non-hydrogen) atoms. The third-order valence-corrected chi connectivity index (χ3v) is 2.89. The van der Waals surface area contributed by atoms with Crippen molar-refractivity contribution in [2.24, 2.45) is 28.7 Å². The Morgan fingerprint density at radius 1 is 1.40 bits per heavy atom. The highest BCUT2D eigenvalue weighted by Crippen LogP contribution is 2.28. The number of nitrogens with two attached hydrogens (primary N) is 2. The molecule has 0 atom stereocenters. The van der Waals surface area contributed by atoms with E-state index in [1.54, 1.807) is 19.0 Å². The van der Waals surface area contributed by atoms with Crippen LogP contribution in [-0.2, 0) is 7.05 Å². The number of nitrogens with zero attached hydrogens (tertiary/aromatic N) is 5. The van der Waals surface area contributed by atoms with Crippen LogP contribution in [0.5, 0.6) is 0 Å². The summed E-state index contributed by atoms with van der Waals surface area (Å²) in [7, 11) is 3.36. The molecule has 0 saturated carbocycles. The molecule has 1 aliphatic heterocycles. The van der Waals surface area contributed by atoms with Gasteiger partial charge in [0.1, 0.15) is 11.5 Å². The Morgan fingerprint density at radius 3 is 2.75 bits per heavy atom. The third kappa shape index (κ3) is 2.35. The van der Waals surface area contributed by atoms with Gasteiger partial charge >= 0.3 is 5.69 Å². The summed E-state index contributed by atoms with van der Waals surface area (Å²) in [5.41, 5.74) is 9.88. The van der Waals surface area contributed by atoms with Gasteiger partial charge in [-0.3, -0.25) is 14.3 Å². The lowest BCUT2D eigenvalue weighted by atomic mass is 10.4. The van der Waals surface area contributed by atoms with Crippen LogP contribution in [0.25, 0.3) is 0 Å². The van der Waals surface area contributed by atoms with Crippen molar-refractivity contribution in [3.05, 3.63) is 20.8 Å². The van der Waals surface area contributed by atoms with Crippen LogP contribution in [0.4, 0.5) is 11.5 Å². The number of hydrogen-bond acceptors (Lipinski definition) is 6. The third-order valence-electron chi connectivity index (χ3n) is 2.89. The second-order valence-electron chi connectivity index (χ2n) is 4.38. The number of anilines is 2. The first-order valence-electron chi connectivity index (χ1n) is 5.81. The predicted octanol–water partition coefficient (Wildman–Crippen LogP) is -2.45. The maximum atomic E-state index is 11.8. The van der Waals surface area contributed by atoms with Crippen LogP contribution in [0.1, 0.15) is 0 Å². The Hall–Kier alpha value is -2.78. The fourth-order valence-corrected chi connectivity index (χ4v) is 2.08. The second kappa shape index (κ2) is 5.07. The Bertz CT molecular complexity index is 681. The van der Waals surface area contributed by atoms with Crippen molar-refractivity contribution in [1.29, 1.82) is 0 Å².